The van der Waals surface area contributed by atoms with Crippen LogP contribution in [0.1, 0.15) is 50.3 Å². The number of fused-ring (bicyclic) bond motifs is 5. The second-order valence-electron chi connectivity index (χ2n) is 8.50. The lowest BCUT2D eigenvalue weighted by Gasteiger charge is -2.27. The van der Waals surface area contributed by atoms with Crippen molar-refractivity contribution in [2.24, 2.45) is 5.92 Å². The minimum Gasteiger partial charge on any atom is -0.364 e. The first-order chi connectivity index (χ1) is 11.7. The monoisotopic (exact) mass is 334 g/mol. The van der Waals surface area contributed by atoms with Crippen LogP contribution in [-0.2, 0) is 10.2 Å². The van der Waals surface area contributed by atoms with Crippen LogP contribution in [0.4, 0.5) is 0 Å². The van der Waals surface area contributed by atoms with Crippen LogP contribution < -0.4 is 0 Å². The fourth-order valence-electron chi connectivity index (χ4n) is 4.46. The molecule has 0 heterocycles. The SMILES string of the molecule is C=C(C)C1=CC2C(c3c1cc(C(C)(C)C)c1ccccc31)C2(O)OC. The molecule has 1 saturated carbocycles. The highest BCUT2D eigenvalue weighted by Gasteiger charge is 2.67. The van der Waals surface area contributed by atoms with Crippen molar-refractivity contribution in [1.82, 2.24) is 0 Å². The number of ether oxygens (including phenoxy) is 1. The zero-order chi connectivity index (χ0) is 18.1. The van der Waals surface area contributed by atoms with E-state index in [2.05, 4.69) is 63.8 Å². The van der Waals surface area contributed by atoms with Crippen LogP contribution in [0.3, 0.4) is 0 Å². The van der Waals surface area contributed by atoms with E-state index in [-0.39, 0.29) is 17.3 Å². The van der Waals surface area contributed by atoms with E-state index in [0.29, 0.717) is 0 Å². The second-order valence-corrected chi connectivity index (χ2v) is 8.50. The Labute approximate surface area is 149 Å². The molecule has 3 unspecified atom stereocenters. The second kappa shape index (κ2) is 5.06. The number of hydrogen-bond acceptors (Lipinski definition) is 2. The first-order valence-electron chi connectivity index (χ1n) is 8.92. The molecule has 0 amide bonds. The standard InChI is InChI=1S/C23H26O2/c1-13(2)16-11-19-21(23(19,24)25-6)20-15-10-8-7-9-14(15)18(12-17(16)20)22(3,4)5/h7-12,19,21,24H,1H2,2-6H3. The zero-order valence-electron chi connectivity index (χ0n) is 15.7. The number of aliphatic hydroxyl groups is 1. The van der Waals surface area contributed by atoms with Gasteiger partial charge in [0.05, 0.1) is 5.92 Å². The van der Waals surface area contributed by atoms with Crippen molar-refractivity contribution in [1.29, 1.82) is 0 Å². The van der Waals surface area contributed by atoms with Gasteiger partial charge in [0, 0.05) is 13.0 Å². The molecule has 0 aliphatic heterocycles. The van der Waals surface area contributed by atoms with Crippen LogP contribution in [-0.4, -0.2) is 18.0 Å². The van der Waals surface area contributed by atoms with Crippen LogP contribution in [0, 0.1) is 5.92 Å². The maximum absolute atomic E-state index is 10.9. The minimum absolute atomic E-state index is 0.000549. The molecule has 0 radical (unpaired) electrons. The molecule has 1 N–H and O–H groups in total. The van der Waals surface area contributed by atoms with Gasteiger partial charge >= 0.3 is 0 Å². The lowest BCUT2D eigenvalue weighted by molar-refractivity contribution is -0.113. The molecular formula is C23H26O2. The maximum atomic E-state index is 10.9. The van der Waals surface area contributed by atoms with E-state index in [4.69, 9.17) is 4.74 Å². The Kier molecular flexibility index (Phi) is 3.35. The van der Waals surface area contributed by atoms with Gasteiger partial charge in [0.2, 0.25) is 0 Å². The average Bonchev–Trinajstić information content (AvgIpc) is 3.17. The van der Waals surface area contributed by atoms with Gasteiger partial charge < -0.3 is 9.84 Å². The Bertz CT molecular complexity index is 929. The lowest BCUT2D eigenvalue weighted by Crippen LogP contribution is -2.16. The summed E-state index contributed by atoms with van der Waals surface area (Å²) in [6, 6.07) is 10.9. The van der Waals surface area contributed by atoms with Gasteiger partial charge in [-0.25, -0.2) is 0 Å². The summed E-state index contributed by atoms with van der Waals surface area (Å²) in [6.07, 6.45) is 2.15. The molecule has 2 aliphatic carbocycles. The average molecular weight is 334 g/mol. The summed E-state index contributed by atoms with van der Waals surface area (Å²) in [4.78, 5) is 0. The molecule has 2 aliphatic rings. The molecule has 2 heteroatoms. The largest absolute Gasteiger partial charge is 0.364 e. The molecule has 4 rings (SSSR count). The summed E-state index contributed by atoms with van der Waals surface area (Å²) in [6.45, 7) is 13.0. The molecule has 25 heavy (non-hydrogen) atoms. The van der Waals surface area contributed by atoms with E-state index < -0.39 is 5.79 Å². The lowest BCUT2D eigenvalue weighted by atomic mass is 9.77. The van der Waals surface area contributed by atoms with E-state index in [1.165, 1.54) is 27.5 Å². The van der Waals surface area contributed by atoms with Crippen molar-refractivity contribution in [2.75, 3.05) is 7.11 Å². The van der Waals surface area contributed by atoms with Crippen molar-refractivity contribution >= 4 is 16.3 Å². The van der Waals surface area contributed by atoms with Crippen molar-refractivity contribution in [3.05, 3.63) is 65.3 Å². The summed E-state index contributed by atoms with van der Waals surface area (Å²) < 4.78 is 5.51. The Morgan fingerprint density at radius 2 is 1.84 bits per heavy atom. The van der Waals surface area contributed by atoms with Crippen LogP contribution in [0.5, 0.6) is 0 Å². The van der Waals surface area contributed by atoms with Crippen LogP contribution in [0.25, 0.3) is 16.3 Å². The Morgan fingerprint density at radius 1 is 1.20 bits per heavy atom. The van der Waals surface area contributed by atoms with Crippen LogP contribution >= 0.6 is 0 Å². The minimum atomic E-state index is -1.10. The number of rotatable bonds is 2. The van der Waals surface area contributed by atoms with Crippen molar-refractivity contribution in [3.8, 4) is 0 Å². The van der Waals surface area contributed by atoms with Gasteiger partial charge in [-0.05, 0) is 51.4 Å². The van der Waals surface area contributed by atoms with E-state index in [1.807, 2.05) is 6.92 Å². The quantitative estimate of drug-likeness (QED) is 0.769. The third kappa shape index (κ3) is 2.17. The van der Waals surface area contributed by atoms with Gasteiger partial charge in [0.25, 0.3) is 0 Å². The highest BCUT2D eigenvalue weighted by molar-refractivity contribution is 5.98. The van der Waals surface area contributed by atoms with E-state index >= 15 is 0 Å². The predicted molar refractivity (Wildman–Crippen MR) is 104 cm³/mol. The molecule has 0 saturated heterocycles. The molecule has 2 aromatic rings. The number of hydrogen-bond donors (Lipinski definition) is 1. The third-order valence-electron chi connectivity index (χ3n) is 5.80. The number of benzene rings is 2. The molecule has 130 valence electrons. The van der Waals surface area contributed by atoms with Gasteiger partial charge in [-0.1, -0.05) is 63.3 Å². The molecular weight excluding hydrogens is 308 g/mol. The molecule has 0 bridgehead atoms. The van der Waals surface area contributed by atoms with Crippen molar-refractivity contribution in [3.63, 3.8) is 0 Å². The normalized spacial score (nSPS) is 27.5. The molecule has 2 aromatic carbocycles. The first-order valence-corrected chi connectivity index (χ1v) is 8.92. The van der Waals surface area contributed by atoms with Gasteiger partial charge in [-0.3, -0.25) is 0 Å². The molecule has 0 aromatic heterocycles. The first kappa shape index (κ1) is 16.6. The highest BCUT2D eigenvalue weighted by atomic mass is 16.6. The fourth-order valence-corrected chi connectivity index (χ4v) is 4.46. The van der Waals surface area contributed by atoms with Crippen LogP contribution in [0.15, 0.2) is 48.6 Å². The summed E-state index contributed by atoms with van der Waals surface area (Å²) >= 11 is 0. The maximum Gasteiger partial charge on any atom is 0.180 e. The van der Waals surface area contributed by atoms with Gasteiger partial charge in [-0.15, -0.1) is 0 Å². The predicted octanol–water partition coefficient (Wildman–Crippen LogP) is 5.16. The molecule has 2 nitrogen and oxygen atoms in total. The number of allylic oxidation sites excluding steroid dienone is 2. The molecule has 0 spiro atoms. The van der Waals surface area contributed by atoms with E-state index in [0.717, 1.165) is 11.1 Å². The highest BCUT2D eigenvalue weighted by Crippen LogP contribution is 2.65. The third-order valence-corrected chi connectivity index (χ3v) is 5.80. The zero-order valence-corrected chi connectivity index (χ0v) is 15.7. The Morgan fingerprint density at radius 3 is 2.40 bits per heavy atom. The van der Waals surface area contributed by atoms with Gasteiger partial charge in [-0.2, -0.15) is 0 Å². The summed E-state index contributed by atoms with van der Waals surface area (Å²) in [5.74, 6) is -1.10. The molecule has 1 fully saturated rings. The summed E-state index contributed by atoms with van der Waals surface area (Å²) in [5, 5.41) is 13.4. The van der Waals surface area contributed by atoms with Crippen molar-refractivity contribution in [2.45, 2.75) is 44.8 Å². The summed E-state index contributed by atoms with van der Waals surface area (Å²) in [5.41, 5.74) is 5.94. The van der Waals surface area contributed by atoms with Gasteiger partial charge in [0.1, 0.15) is 0 Å². The topological polar surface area (TPSA) is 29.5 Å². The van der Waals surface area contributed by atoms with E-state index in [9.17, 15) is 5.11 Å². The van der Waals surface area contributed by atoms with E-state index in [1.54, 1.807) is 7.11 Å². The van der Waals surface area contributed by atoms with Crippen molar-refractivity contribution < 1.29 is 9.84 Å². The summed E-state index contributed by atoms with van der Waals surface area (Å²) in [7, 11) is 1.60. The Hall–Kier alpha value is -1.90. The van der Waals surface area contributed by atoms with Gasteiger partial charge in [0.15, 0.2) is 5.79 Å². The number of methoxy groups -OCH3 is 1. The molecule has 3 atom stereocenters. The fraction of sp³-hybridized carbons (Fsp3) is 0.391. The Balaban J connectivity index is 2.11. The smallest absolute Gasteiger partial charge is 0.180 e. The van der Waals surface area contributed by atoms with Crippen LogP contribution in [0.2, 0.25) is 0 Å².